The zero-order chi connectivity index (χ0) is 9.30. The van der Waals surface area contributed by atoms with Crippen LogP contribution in [0.2, 0.25) is 0 Å². The Morgan fingerprint density at radius 3 is 2.83 bits per heavy atom. The molecule has 64 valence electrons. The second kappa shape index (κ2) is 2.77. The average Bonchev–Trinajstić information content (AvgIpc) is 1.96. The van der Waals surface area contributed by atoms with Gasteiger partial charge in [-0.3, -0.25) is 14.9 Å². The molecule has 1 heterocycles. The molecule has 0 spiro atoms. The number of Topliss-reactive ketones (excluding diaryl/α,β-unsaturated/α-hetero) is 1. The van der Waals surface area contributed by atoms with E-state index in [1.54, 1.807) is 0 Å². The van der Waals surface area contributed by atoms with Gasteiger partial charge in [0.1, 0.15) is 11.2 Å². The number of aromatic nitrogens is 2. The van der Waals surface area contributed by atoms with E-state index >= 15 is 0 Å². The first-order valence-corrected chi connectivity index (χ1v) is 3.35. The van der Waals surface area contributed by atoms with Crippen LogP contribution in [0.25, 0.3) is 0 Å². The van der Waals surface area contributed by atoms with Gasteiger partial charge in [0.15, 0.2) is 11.5 Å². The Hall–Kier alpha value is -1.65. The molecule has 2 N–H and O–H groups in total. The van der Waals surface area contributed by atoms with Crippen LogP contribution in [0.15, 0.2) is 6.07 Å². The summed E-state index contributed by atoms with van der Waals surface area (Å²) in [5.41, 5.74) is 0.0472. The number of hydrogen-bond acceptors (Lipinski definition) is 4. The fourth-order valence-corrected chi connectivity index (χ4v) is 0.797. The van der Waals surface area contributed by atoms with Crippen LogP contribution in [-0.4, -0.2) is 20.7 Å². The van der Waals surface area contributed by atoms with E-state index in [2.05, 4.69) is 5.10 Å². The lowest BCUT2D eigenvalue weighted by atomic mass is 10.3. The molecule has 0 saturated heterocycles. The summed E-state index contributed by atoms with van der Waals surface area (Å²) < 4.78 is 1.22. The van der Waals surface area contributed by atoms with Crippen molar-refractivity contribution in [2.24, 2.45) is 7.05 Å². The minimum absolute atomic E-state index is 0.00602. The first-order valence-electron chi connectivity index (χ1n) is 3.35. The van der Waals surface area contributed by atoms with Crippen molar-refractivity contribution in [2.45, 2.75) is 6.92 Å². The fraction of sp³-hybridized carbons (Fsp3) is 0.286. The number of carbonyl (C=O) groups excluding carboxylic acids is 1. The van der Waals surface area contributed by atoms with Crippen LogP contribution in [0.5, 0.6) is 5.75 Å². The maximum atomic E-state index is 10.8. The predicted octanol–water partition coefficient (Wildman–Crippen LogP) is -0.192. The molecule has 0 fully saturated rings. The van der Waals surface area contributed by atoms with E-state index in [1.807, 2.05) is 0 Å². The molecule has 5 heteroatoms. The smallest absolute Gasteiger partial charge is 0.183 e. The molecule has 1 aromatic rings. The monoisotopic (exact) mass is 167 g/mol. The van der Waals surface area contributed by atoms with E-state index in [0.717, 1.165) is 0 Å². The molecule has 0 unspecified atom stereocenters. The SMILES string of the molecule is CC(=O)c1nn(C)c(=N)cc1O. The maximum absolute atomic E-state index is 10.8. The molecule has 0 aliphatic heterocycles. The van der Waals surface area contributed by atoms with Gasteiger partial charge in [-0.2, -0.15) is 5.10 Å². The van der Waals surface area contributed by atoms with Gasteiger partial charge in [-0.1, -0.05) is 0 Å². The van der Waals surface area contributed by atoms with Gasteiger partial charge < -0.3 is 5.11 Å². The van der Waals surface area contributed by atoms with Gasteiger partial charge in [-0.05, 0) is 0 Å². The standard InChI is InChI=1S/C7H9N3O2/c1-4(11)7-5(12)3-6(8)10(2)9-7/h3,8,12H,1-2H3. The van der Waals surface area contributed by atoms with Crippen LogP contribution >= 0.6 is 0 Å². The molecule has 5 nitrogen and oxygen atoms in total. The summed E-state index contributed by atoms with van der Waals surface area (Å²) in [5, 5.41) is 20.1. The topological polar surface area (TPSA) is 79.0 Å². The summed E-state index contributed by atoms with van der Waals surface area (Å²) in [6.07, 6.45) is 0. The van der Waals surface area contributed by atoms with Crippen molar-refractivity contribution < 1.29 is 9.90 Å². The largest absolute Gasteiger partial charge is 0.505 e. The zero-order valence-corrected chi connectivity index (χ0v) is 6.83. The van der Waals surface area contributed by atoms with Crippen molar-refractivity contribution in [2.75, 3.05) is 0 Å². The molecule has 0 atom stereocenters. The Balaban J connectivity index is 3.43. The average molecular weight is 167 g/mol. The lowest BCUT2D eigenvalue weighted by Gasteiger charge is -2.01. The van der Waals surface area contributed by atoms with Crippen LogP contribution in [0.3, 0.4) is 0 Å². The summed E-state index contributed by atoms with van der Waals surface area (Å²) in [6, 6.07) is 1.18. The Morgan fingerprint density at radius 2 is 2.33 bits per heavy atom. The number of hydrogen-bond donors (Lipinski definition) is 2. The third-order valence-corrected chi connectivity index (χ3v) is 1.45. The van der Waals surface area contributed by atoms with Crippen LogP contribution in [0.4, 0.5) is 0 Å². The van der Waals surface area contributed by atoms with Crippen molar-refractivity contribution in [1.82, 2.24) is 9.78 Å². The van der Waals surface area contributed by atoms with Gasteiger partial charge in [0, 0.05) is 20.0 Å². The van der Waals surface area contributed by atoms with Gasteiger partial charge in [0.2, 0.25) is 0 Å². The van der Waals surface area contributed by atoms with Crippen LogP contribution in [0, 0.1) is 5.41 Å². The molecule has 0 bridgehead atoms. The van der Waals surface area contributed by atoms with Gasteiger partial charge in [0.05, 0.1) is 0 Å². The van der Waals surface area contributed by atoms with Crippen LogP contribution in [0.1, 0.15) is 17.4 Å². The second-order valence-corrected chi connectivity index (χ2v) is 2.44. The number of aryl methyl sites for hydroxylation is 1. The summed E-state index contributed by atoms with van der Waals surface area (Å²) in [6.45, 7) is 1.31. The Bertz CT molecular complexity index is 381. The summed E-state index contributed by atoms with van der Waals surface area (Å²) in [4.78, 5) is 10.8. The van der Waals surface area contributed by atoms with Crippen molar-refractivity contribution in [3.05, 3.63) is 17.2 Å². The third kappa shape index (κ3) is 1.34. The maximum Gasteiger partial charge on any atom is 0.183 e. The number of ketones is 1. The number of nitrogens with one attached hydrogen (secondary N) is 1. The molecule has 12 heavy (non-hydrogen) atoms. The highest BCUT2D eigenvalue weighted by Crippen LogP contribution is 2.09. The highest BCUT2D eigenvalue weighted by molar-refractivity contribution is 5.94. The van der Waals surface area contributed by atoms with E-state index < -0.39 is 0 Å². The normalized spacial score (nSPS) is 9.83. The van der Waals surface area contributed by atoms with Gasteiger partial charge in [-0.25, -0.2) is 0 Å². The Kier molecular flexibility index (Phi) is 1.95. The van der Waals surface area contributed by atoms with Crippen molar-refractivity contribution >= 4 is 5.78 Å². The number of nitrogens with zero attached hydrogens (tertiary/aromatic N) is 2. The van der Waals surface area contributed by atoms with Gasteiger partial charge in [0.25, 0.3) is 0 Å². The predicted molar refractivity (Wildman–Crippen MR) is 40.7 cm³/mol. The molecule has 0 saturated carbocycles. The molecule has 1 aromatic heterocycles. The lowest BCUT2D eigenvalue weighted by Crippen LogP contribution is -2.21. The van der Waals surface area contributed by atoms with Crippen molar-refractivity contribution in [3.63, 3.8) is 0 Å². The Labute approximate surface area is 68.8 Å². The summed E-state index contributed by atoms with van der Waals surface area (Å²) >= 11 is 0. The molecule has 0 aliphatic carbocycles. The number of rotatable bonds is 1. The van der Waals surface area contributed by atoms with E-state index in [9.17, 15) is 4.79 Å². The lowest BCUT2D eigenvalue weighted by molar-refractivity contribution is 0.100. The van der Waals surface area contributed by atoms with E-state index in [1.165, 1.54) is 24.7 Å². The van der Waals surface area contributed by atoms with Crippen molar-refractivity contribution in [1.29, 1.82) is 5.41 Å². The Morgan fingerprint density at radius 1 is 1.75 bits per heavy atom. The van der Waals surface area contributed by atoms with Crippen LogP contribution < -0.4 is 5.49 Å². The molecule has 0 amide bonds. The fourth-order valence-electron chi connectivity index (χ4n) is 0.797. The van der Waals surface area contributed by atoms with Gasteiger partial charge in [-0.15, -0.1) is 0 Å². The molecule has 0 aromatic carbocycles. The molecule has 0 aliphatic rings. The third-order valence-electron chi connectivity index (χ3n) is 1.45. The van der Waals surface area contributed by atoms with E-state index in [4.69, 9.17) is 10.5 Å². The van der Waals surface area contributed by atoms with Gasteiger partial charge >= 0.3 is 0 Å². The zero-order valence-electron chi connectivity index (χ0n) is 6.83. The molecular formula is C7H9N3O2. The number of aromatic hydroxyl groups is 1. The quantitative estimate of drug-likeness (QED) is 0.569. The van der Waals surface area contributed by atoms with E-state index in [-0.39, 0.29) is 22.7 Å². The summed E-state index contributed by atoms with van der Waals surface area (Å²) in [5.74, 6) is -0.561. The molecule has 1 rings (SSSR count). The number of carbonyl (C=O) groups is 1. The highest BCUT2D eigenvalue weighted by Gasteiger charge is 2.08. The molecule has 0 radical (unpaired) electrons. The molecular weight excluding hydrogens is 158 g/mol. The second-order valence-electron chi connectivity index (χ2n) is 2.44. The first kappa shape index (κ1) is 8.45. The van der Waals surface area contributed by atoms with Crippen LogP contribution in [-0.2, 0) is 7.05 Å². The van der Waals surface area contributed by atoms with Crippen molar-refractivity contribution in [3.8, 4) is 5.75 Å². The first-order chi connectivity index (χ1) is 5.52. The van der Waals surface area contributed by atoms with E-state index in [0.29, 0.717) is 0 Å². The minimum Gasteiger partial charge on any atom is -0.505 e. The highest BCUT2D eigenvalue weighted by atomic mass is 16.3. The minimum atomic E-state index is -0.317. The summed E-state index contributed by atoms with van der Waals surface area (Å²) in [7, 11) is 1.54.